The van der Waals surface area contributed by atoms with Gasteiger partial charge < -0.3 is 24.3 Å². The predicted molar refractivity (Wildman–Crippen MR) is 190 cm³/mol. The third-order valence-corrected chi connectivity index (χ3v) is 10.5. The zero-order chi connectivity index (χ0) is 35.5. The third kappa shape index (κ3) is 7.38. The highest BCUT2D eigenvalue weighted by Gasteiger charge is 2.30. The Morgan fingerprint density at radius 1 is 0.940 bits per heavy atom. The standard InChI is InChI=1S/C37H47N7O6/c1-23-24(2)37(48)41(3)21-28(23)25-18-32(49-4)29(33(19-25)50-5)22-42-14-16-44(17-15-42)26-10-12-43(13-11-26)27-6-7-30(38-20-27)35(46)39-31-8-9-34(45)40-36(31)47/h6-7,18-21,26,31H,8-17,22H2,1-5H3,(H,39,46)(H,40,45,47). The molecule has 0 radical (unpaired) electrons. The van der Waals surface area contributed by atoms with Crippen LogP contribution in [0.1, 0.15) is 52.9 Å². The number of methoxy groups -OCH3 is 2. The summed E-state index contributed by atoms with van der Waals surface area (Å²) in [6, 6.07) is 7.48. The summed E-state index contributed by atoms with van der Waals surface area (Å²) >= 11 is 0. The Morgan fingerprint density at radius 3 is 2.22 bits per heavy atom. The van der Waals surface area contributed by atoms with Gasteiger partial charge in [0.2, 0.25) is 11.8 Å². The number of rotatable bonds is 9. The van der Waals surface area contributed by atoms with Crippen LogP contribution < -0.4 is 30.6 Å². The molecule has 0 aliphatic carbocycles. The number of hydrogen-bond donors (Lipinski definition) is 2. The fourth-order valence-electron chi connectivity index (χ4n) is 7.33. The molecule has 6 rings (SSSR count). The number of pyridine rings is 2. The van der Waals surface area contributed by atoms with Gasteiger partial charge in [-0.05, 0) is 68.5 Å². The number of nitrogens with zero attached hydrogens (tertiary/aromatic N) is 5. The number of amides is 3. The topological polar surface area (TPSA) is 138 Å². The summed E-state index contributed by atoms with van der Waals surface area (Å²) in [5.74, 6) is 0.325. The molecule has 3 aliphatic heterocycles. The fraction of sp³-hybridized carbons (Fsp3) is 0.486. The average Bonchev–Trinajstić information content (AvgIpc) is 3.14. The number of imide groups is 1. The number of anilines is 1. The van der Waals surface area contributed by atoms with Gasteiger partial charge in [-0.2, -0.15) is 0 Å². The van der Waals surface area contributed by atoms with Gasteiger partial charge in [0.1, 0.15) is 23.2 Å². The Balaban J connectivity index is 1.01. The first-order valence-corrected chi connectivity index (χ1v) is 17.3. The lowest BCUT2D eigenvalue weighted by atomic mass is 9.97. The van der Waals surface area contributed by atoms with Crippen LogP contribution in [0.15, 0.2) is 41.5 Å². The highest BCUT2D eigenvalue weighted by molar-refractivity contribution is 6.03. The number of carbonyl (C=O) groups excluding carboxylic acids is 3. The lowest BCUT2D eigenvalue weighted by molar-refractivity contribution is -0.134. The van der Waals surface area contributed by atoms with Crippen molar-refractivity contribution < 1.29 is 23.9 Å². The van der Waals surface area contributed by atoms with Crippen LogP contribution >= 0.6 is 0 Å². The van der Waals surface area contributed by atoms with Crippen molar-refractivity contribution >= 4 is 23.4 Å². The molecule has 5 heterocycles. The predicted octanol–water partition coefficient (Wildman–Crippen LogP) is 2.40. The Labute approximate surface area is 292 Å². The summed E-state index contributed by atoms with van der Waals surface area (Å²) < 4.78 is 13.4. The number of hydrogen-bond acceptors (Lipinski definition) is 10. The van der Waals surface area contributed by atoms with E-state index >= 15 is 0 Å². The molecule has 50 heavy (non-hydrogen) atoms. The molecule has 0 saturated carbocycles. The zero-order valence-electron chi connectivity index (χ0n) is 29.6. The van der Waals surface area contributed by atoms with Crippen LogP contribution in [0.3, 0.4) is 0 Å². The number of ether oxygens (including phenoxy) is 2. The second kappa shape index (κ2) is 15.0. The summed E-state index contributed by atoms with van der Waals surface area (Å²) in [5.41, 5.74) is 5.87. The Bertz CT molecular complexity index is 1780. The molecule has 3 amide bonds. The maximum Gasteiger partial charge on any atom is 0.270 e. The molecule has 1 aromatic carbocycles. The molecular formula is C37H47N7O6. The molecule has 3 fully saturated rings. The summed E-state index contributed by atoms with van der Waals surface area (Å²) in [7, 11) is 5.16. The molecule has 0 spiro atoms. The summed E-state index contributed by atoms with van der Waals surface area (Å²) in [6.07, 6.45) is 6.18. The second-order valence-electron chi connectivity index (χ2n) is 13.5. The molecule has 1 atom stereocenters. The van der Waals surface area contributed by atoms with Gasteiger partial charge in [-0.3, -0.25) is 34.3 Å². The van der Waals surface area contributed by atoms with Crippen molar-refractivity contribution in [2.24, 2.45) is 7.05 Å². The largest absolute Gasteiger partial charge is 0.496 e. The SMILES string of the molecule is COc1cc(-c2cn(C)c(=O)c(C)c2C)cc(OC)c1CN1CCN(C2CCN(c3ccc(C(=O)NC4CCC(=O)NC4=O)nc3)CC2)CC1. The van der Waals surface area contributed by atoms with Crippen molar-refractivity contribution in [3.8, 4) is 22.6 Å². The van der Waals surface area contributed by atoms with Crippen LogP contribution in [-0.4, -0.2) is 103 Å². The first-order valence-electron chi connectivity index (χ1n) is 17.3. The van der Waals surface area contributed by atoms with E-state index in [9.17, 15) is 19.2 Å². The van der Waals surface area contributed by atoms with E-state index < -0.39 is 17.9 Å². The van der Waals surface area contributed by atoms with Gasteiger partial charge in [0.25, 0.3) is 11.5 Å². The smallest absolute Gasteiger partial charge is 0.270 e. The quantitative estimate of drug-likeness (QED) is 0.323. The van der Waals surface area contributed by atoms with E-state index in [2.05, 4.69) is 30.3 Å². The number of piperazine rings is 1. The normalized spacial score (nSPS) is 19.3. The minimum absolute atomic E-state index is 0.00666. The van der Waals surface area contributed by atoms with Gasteiger partial charge in [0, 0.05) is 82.6 Å². The molecule has 2 aromatic heterocycles. The first kappa shape index (κ1) is 35.1. The van der Waals surface area contributed by atoms with Crippen molar-refractivity contribution in [2.45, 2.75) is 58.2 Å². The Morgan fingerprint density at radius 2 is 1.62 bits per heavy atom. The molecule has 3 aliphatic rings. The van der Waals surface area contributed by atoms with E-state index in [1.54, 1.807) is 38.1 Å². The number of nitrogens with one attached hydrogen (secondary N) is 2. The number of carbonyl (C=O) groups is 3. The Hall–Kier alpha value is -4.75. The molecule has 0 bridgehead atoms. The van der Waals surface area contributed by atoms with E-state index in [-0.39, 0.29) is 30.0 Å². The second-order valence-corrected chi connectivity index (χ2v) is 13.5. The molecule has 3 saturated heterocycles. The van der Waals surface area contributed by atoms with Crippen molar-refractivity contribution in [1.29, 1.82) is 0 Å². The Kier molecular flexibility index (Phi) is 10.5. The number of piperidine rings is 2. The van der Waals surface area contributed by atoms with E-state index in [1.165, 1.54) is 0 Å². The van der Waals surface area contributed by atoms with Crippen LogP contribution in [0.5, 0.6) is 11.5 Å². The number of benzene rings is 1. The molecule has 1 unspecified atom stereocenters. The van der Waals surface area contributed by atoms with Gasteiger partial charge in [0.05, 0.1) is 31.7 Å². The van der Waals surface area contributed by atoms with Crippen molar-refractivity contribution in [1.82, 2.24) is 30.0 Å². The van der Waals surface area contributed by atoms with Gasteiger partial charge in [-0.1, -0.05) is 0 Å². The summed E-state index contributed by atoms with van der Waals surface area (Å²) in [4.78, 5) is 60.2. The van der Waals surface area contributed by atoms with Gasteiger partial charge in [-0.15, -0.1) is 0 Å². The molecule has 13 heteroatoms. The van der Waals surface area contributed by atoms with Crippen LogP contribution in [0.4, 0.5) is 5.69 Å². The van der Waals surface area contributed by atoms with Crippen LogP contribution in [0.25, 0.3) is 11.1 Å². The molecule has 266 valence electrons. The van der Waals surface area contributed by atoms with E-state index in [0.29, 0.717) is 6.04 Å². The molecular weight excluding hydrogens is 638 g/mol. The maximum atomic E-state index is 12.7. The highest BCUT2D eigenvalue weighted by Crippen LogP contribution is 2.37. The van der Waals surface area contributed by atoms with E-state index in [1.807, 2.05) is 38.2 Å². The summed E-state index contributed by atoms with van der Waals surface area (Å²) in [6.45, 7) is 10.2. The van der Waals surface area contributed by atoms with Crippen LogP contribution in [-0.2, 0) is 23.2 Å². The monoisotopic (exact) mass is 685 g/mol. The molecule has 3 aromatic rings. The minimum atomic E-state index is -0.729. The van der Waals surface area contributed by atoms with Gasteiger partial charge in [0.15, 0.2) is 0 Å². The van der Waals surface area contributed by atoms with Gasteiger partial charge in [-0.25, -0.2) is 4.98 Å². The lowest BCUT2D eigenvalue weighted by Crippen LogP contribution is -2.53. The van der Waals surface area contributed by atoms with Gasteiger partial charge >= 0.3 is 0 Å². The third-order valence-electron chi connectivity index (χ3n) is 10.5. The van der Waals surface area contributed by atoms with E-state index in [4.69, 9.17) is 9.47 Å². The van der Waals surface area contributed by atoms with E-state index in [0.717, 1.165) is 104 Å². The highest BCUT2D eigenvalue weighted by atomic mass is 16.5. The molecule has 2 N–H and O–H groups in total. The average molecular weight is 686 g/mol. The summed E-state index contributed by atoms with van der Waals surface area (Å²) in [5, 5.41) is 4.93. The minimum Gasteiger partial charge on any atom is -0.496 e. The first-order chi connectivity index (χ1) is 24.1. The van der Waals surface area contributed by atoms with Crippen molar-refractivity contribution in [3.05, 3.63) is 69.4 Å². The van der Waals surface area contributed by atoms with Crippen LogP contribution in [0.2, 0.25) is 0 Å². The van der Waals surface area contributed by atoms with Crippen molar-refractivity contribution in [3.63, 3.8) is 0 Å². The number of aryl methyl sites for hydroxylation is 1. The zero-order valence-corrected chi connectivity index (χ0v) is 29.6. The van der Waals surface area contributed by atoms with Crippen molar-refractivity contribution in [2.75, 3.05) is 58.4 Å². The maximum absolute atomic E-state index is 12.7. The molecule has 13 nitrogen and oxygen atoms in total. The lowest BCUT2D eigenvalue weighted by Gasteiger charge is -2.43. The van der Waals surface area contributed by atoms with Crippen LogP contribution in [0, 0.1) is 13.8 Å². The fourth-order valence-corrected chi connectivity index (χ4v) is 7.33. The number of aromatic nitrogens is 2.